The first-order valence-electron chi connectivity index (χ1n) is 7.77. The molecule has 4 rings (SSSR count). The molecule has 0 aliphatic carbocycles. The second-order valence-electron chi connectivity index (χ2n) is 5.65. The highest BCUT2D eigenvalue weighted by atomic mass is 16.5. The molecule has 24 heavy (non-hydrogen) atoms. The van der Waals surface area contributed by atoms with E-state index in [0.29, 0.717) is 12.1 Å². The van der Waals surface area contributed by atoms with Gasteiger partial charge >= 0.3 is 0 Å². The standard InChI is InChI=1S/C18H16N4O2/c23-18(14-9-21-22(12-14)15-5-3-7-19-10-15)20-11-16-8-13-4-1-2-6-17(13)24-16/h1-7,9-10,12,16H,8,11H2,(H,20,23). The minimum atomic E-state index is -0.162. The van der Waals surface area contributed by atoms with Crippen LogP contribution in [0.1, 0.15) is 15.9 Å². The summed E-state index contributed by atoms with van der Waals surface area (Å²) in [7, 11) is 0. The van der Waals surface area contributed by atoms with Crippen LogP contribution in [-0.2, 0) is 6.42 Å². The van der Waals surface area contributed by atoms with Crippen molar-refractivity contribution in [2.45, 2.75) is 12.5 Å². The summed E-state index contributed by atoms with van der Waals surface area (Å²) in [4.78, 5) is 16.3. The van der Waals surface area contributed by atoms with Gasteiger partial charge in [-0.2, -0.15) is 5.10 Å². The number of amides is 1. The van der Waals surface area contributed by atoms with Gasteiger partial charge < -0.3 is 10.1 Å². The van der Waals surface area contributed by atoms with Crippen LogP contribution in [-0.4, -0.2) is 33.3 Å². The Hall–Kier alpha value is -3.15. The fourth-order valence-electron chi connectivity index (χ4n) is 2.75. The van der Waals surface area contributed by atoms with Crippen molar-refractivity contribution in [3.05, 3.63) is 72.3 Å². The molecule has 3 heterocycles. The van der Waals surface area contributed by atoms with Gasteiger partial charge in [-0.15, -0.1) is 0 Å². The average molecular weight is 320 g/mol. The highest BCUT2D eigenvalue weighted by Gasteiger charge is 2.23. The van der Waals surface area contributed by atoms with Crippen LogP contribution in [0.2, 0.25) is 0 Å². The highest BCUT2D eigenvalue weighted by Crippen LogP contribution is 2.27. The molecular weight excluding hydrogens is 304 g/mol. The molecule has 0 saturated carbocycles. The van der Waals surface area contributed by atoms with Crippen LogP contribution < -0.4 is 10.1 Å². The van der Waals surface area contributed by atoms with E-state index in [0.717, 1.165) is 17.9 Å². The van der Waals surface area contributed by atoms with Crippen LogP contribution >= 0.6 is 0 Å². The van der Waals surface area contributed by atoms with Crippen LogP contribution in [0.4, 0.5) is 0 Å². The van der Waals surface area contributed by atoms with Gasteiger partial charge in [-0.25, -0.2) is 4.68 Å². The number of rotatable bonds is 4. The lowest BCUT2D eigenvalue weighted by atomic mass is 10.1. The van der Waals surface area contributed by atoms with Gasteiger partial charge in [-0.3, -0.25) is 9.78 Å². The first-order chi connectivity index (χ1) is 11.8. The predicted molar refractivity (Wildman–Crippen MR) is 88.3 cm³/mol. The average Bonchev–Trinajstić information content (AvgIpc) is 3.27. The molecule has 1 aliphatic heterocycles. The van der Waals surface area contributed by atoms with E-state index in [1.165, 1.54) is 5.56 Å². The van der Waals surface area contributed by atoms with E-state index in [1.54, 1.807) is 29.5 Å². The van der Waals surface area contributed by atoms with Crippen molar-refractivity contribution < 1.29 is 9.53 Å². The van der Waals surface area contributed by atoms with Gasteiger partial charge in [-0.1, -0.05) is 18.2 Å². The van der Waals surface area contributed by atoms with E-state index < -0.39 is 0 Å². The van der Waals surface area contributed by atoms with Crippen molar-refractivity contribution in [3.63, 3.8) is 0 Å². The Morgan fingerprint density at radius 1 is 1.25 bits per heavy atom. The molecule has 120 valence electrons. The van der Waals surface area contributed by atoms with E-state index in [1.807, 2.05) is 30.3 Å². The van der Waals surface area contributed by atoms with E-state index in [9.17, 15) is 4.79 Å². The molecule has 2 aromatic heterocycles. The number of carbonyl (C=O) groups excluding carboxylic acids is 1. The van der Waals surface area contributed by atoms with Crippen molar-refractivity contribution >= 4 is 5.91 Å². The van der Waals surface area contributed by atoms with E-state index in [-0.39, 0.29) is 12.0 Å². The third kappa shape index (κ3) is 2.86. The molecular formula is C18H16N4O2. The highest BCUT2D eigenvalue weighted by molar-refractivity contribution is 5.93. The van der Waals surface area contributed by atoms with Gasteiger partial charge in [0.2, 0.25) is 0 Å². The molecule has 0 radical (unpaired) electrons. The van der Waals surface area contributed by atoms with Crippen LogP contribution in [0.25, 0.3) is 5.69 Å². The van der Waals surface area contributed by atoms with Crippen LogP contribution in [0.5, 0.6) is 5.75 Å². The number of pyridine rings is 1. The summed E-state index contributed by atoms with van der Waals surface area (Å²) in [6.07, 6.45) is 7.41. The third-order valence-electron chi connectivity index (χ3n) is 3.96. The Morgan fingerprint density at radius 2 is 2.17 bits per heavy atom. The molecule has 1 aromatic carbocycles. The summed E-state index contributed by atoms with van der Waals surface area (Å²) in [6.45, 7) is 0.464. The Labute approximate surface area is 139 Å². The summed E-state index contributed by atoms with van der Waals surface area (Å²) in [5.41, 5.74) is 2.50. The zero-order valence-corrected chi connectivity index (χ0v) is 12.9. The topological polar surface area (TPSA) is 69.0 Å². The van der Waals surface area contributed by atoms with Crippen molar-refractivity contribution in [1.82, 2.24) is 20.1 Å². The summed E-state index contributed by atoms with van der Waals surface area (Å²) < 4.78 is 7.45. The van der Waals surface area contributed by atoms with Crippen molar-refractivity contribution in [2.24, 2.45) is 0 Å². The molecule has 1 atom stereocenters. The summed E-state index contributed by atoms with van der Waals surface area (Å²) in [5.74, 6) is 0.742. The Kier molecular flexibility index (Phi) is 3.70. The third-order valence-corrected chi connectivity index (χ3v) is 3.96. The predicted octanol–water partition coefficient (Wildman–Crippen LogP) is 2.00. The molecule has 1 aliphatic rings. The largest absolute Gasteiger partial charge is 0.488 e. The van der Waals surface area contributed by atoms with Crippen LogP contribution in [0.3, 0.4) is 0 Å². The smallest absolute Gasteiger partial charge is 0.254 e. The molecule has 3 aromatic rings. The van der Waals surface area contributed by atoms with E-state index in [4.69, 9.17) is 4.74 Å². The number of hydrogen-bond donors (Lipinski definition) is 1. The molecule has 0 fully saturated rings. The zero-order valence-electron chi connectivity index (χ0n) is 12.9. The van der Waals surface area contributed by atoms with Gasteiger partial charge in [0, 0.05) is 18.8 Å². The van der Waals surface area contributed by atoms with Crippen molar-refractivity contribution in [1.29, 1.82) is 0 Å². The molecule has 0 bridgehead atoms. The fraction of sp³-hybridized carbons (Fsp3) is 0.167. The maximum absolute atomic E-state index is 12.3. The van der Waals surface area contributed by atoms with E-state index in [2.05, 4.69) is 21.5 Å². The fourth-order valence-corrected chi connectivity index (χ4v) is 2.75. The SMILES string of the molecule is O=C(NCC1Cc2ccccc2O1)c1cnn(-c2cccnc2)c1. The number of ether oxygens (including phenoxy) is 1. The maximum atomic E-state index is 12.3. The molecule has 1 amide bonds. The second kappa shape index (κ2) is 6.16. The minimum absolute atomic E-state index is 0.0280. The lowest BCUT2D eigenvalue weighted by Crippen LogP contribution is -2.34. The minimum Gasteiger partial charge on any atom is -0.488 e. The number of carbonyl (C=O) groups is 1. The molecule has 0 saturated heterocycles. The first kappa shape index (κ1) is 14.4. The van der Waals surface area contributed by atoms with Crippen LogP contribution in [0.15, 0.2) is 61.2 Å². The quantitative estimate of drug-likeness (QED) is 0.798. The molecule has 6 nitrogen and oxygen atoms in total. The van der Waals surface area contributed by atoms with Crippen LogP contribution in [0, 0.1) is 0 Å². The first-order valence-corrected chi connectivity index (χ1v) is 7.77. The zero-order chi connectivity index (χ0) is 16.4. The number of nitrogens with zero attached hydrogens (tertiary/aromatic N) is 3. The molecule has 1 unspecified atom stereocenters. The Morgan fingerprint density at radius 3 is 3.00 bits per heavy atom. The Balaban J connectivity index is 1.37. The number of para-hydroxylation sites is 1. The lowest BCUT2D eigenvalue weighted by molar-refractivity contribution is 0.0933. The monoisotopic (exact) mass is 320 g/mol. The van der Waals surface area contributed by atoms with E-state index >= 15 is 0 Å². The molecule has 1 N–H and O–H groups in total. The number of aromatic nitrogens is 3. The van der Waals surface area contributed by atoms with Crippen molar-refractivity contribution in [3.8, 4) is 11.4 Å². The van der Waals surface area contributed by atoms with Gasteiger partial charge in [0.1, 0.15) is 11.9 Å². The second-order valence-corrected chi connectivity index (χ2v) is 5.65. The van der Waals surface area contributed by atoms with Crippen molar-refractivity contribution in [2.75, 3.05) is 6.54 Å². The van der Waals surface area contributed by atoms with Gasteiger partial charge in [0.05, 0.1) is 30.2 Å². The summed E-state index contributed by atoms with van der Waals surface area (Å²) in [6, 6.07) is 11.7. The normalized spacial score (nSPS) is 15.6. The van der Waals surface area contributed by atoms with Gasteiger partial charge in [0.25, 0.3) is 5.91 Å². The Bertz CT molecular complexity index is 835. The summed E-state index contributed by atoms with van der Waals surface area (Å²) >= 11 is 0. The molecule has 0 spiro atoms. The number of benzene rings is 1. The van der Waals surface area contributed by atoms with Gasteiger partial charge in [-0.05, 0) is 23.8 Å². The lowest BCUT2D eigenvalue weighted by Gasteiger charge is -2.11. The number of fused-ring (bicyclic) bond motifs is 1. The molecule has 6 heteroatoms. The maximum Gasteiger partial charge on any atom is 0.254 e. The number of hydrogen-bond acceptors (Lipinski definition) is 4. The summed E-state index contributed by atoms with van der Waals surface area (Å²) in [5, 5.41) is 7.11. The van der Waals surface area contributed by atoms with Gasteiger partial charge in [0.15, 0.2) is 0 Å². The number of nitrogens with one attached hydrogen (secondary N) is 1.